The molecule has 0 aromatic carbocycles. The van der Waals surface area contributed by atoms with Crippen LogP contribution in [0, 0.1) is 5.92 Å². The van der Waals surface area contributed by atoms with Gasteiger partial charge in [0.15, 0.2) is 5.96 Å². The number of aliphatic imine (C=N–C) groups is 1. The van der Waals surface area contributed by atoms with Crippen LogP contribution in [0.4, 0.5) is 0 Å². The van der Waals surface area contributed by atoms with Crippen LogP contribution in [-0.4, -0.2) is 147 Å². The van der Waals surface area contributed by atoms with Crippen molar-refractivity contribution < 1.29 is 58.8 Å². The fraction of sp³-hybridized carbons (Fsp3) is 0.710. The number of nitrogens with zero attached hydrogens (tertiary/aromatic N) is 2. The molecule has 1 fully saturated rings. The fourth-order valence-electron chi connectivity index (χ4n) is 5.26. The van der Waals surface area contributed by atoms with Crippen molar-refractivity contribution in [2.45, 2.75) is 115 Å². The molecule has 1 heterocycles. The second kappa shape index (κ2) is 22.1. The molecule has 0 aromatic rings. The van der Waals surface area contributed by atoms with Gasteiger partial charge in [0.1, 0.15) is 30.2 Å². The zero-order valence-electron chi connectivity index (χ0n) is 30.2. The highest BCUT2D eigenvalue weighted by Gasteiger charge is 2.40. The predicted octanol–water partition coefficient (Wildman–Crippen LogP) is -5.22. The van der Waals surface area contributed by atoms with E-state index in [0.29, 0.717) is 12.8 Å². The van der Waals surface area contributed by atoms with Crippen LogP contribution in [0.5, 0.6) is 0 Å². The predicted molar refractivity (Wildman–Crippen MR) is 186 cm³/mol. The van der Waals surface area contributed by atoms with E-state index in [0.717, 1.165) is 11.8 Å². The zero-order chi connectivity index (χ0) is 40.6. The summed E-state index contributed by atoms with van der Waals surface area (Å²) in [6.45, 7) is 5.16. The Hall–Kier alpha value is -5.09. The highest BCUT2D eigenvalue weighted by atomic mass is 16.4. The minimum Gasteiger partial charge on any atom is -0.481 e. The molecule has 8 atom stereocenters. The molecule has 1 aliphatic rings. The zero-order valence-corrected chi connectivity index (χ0v) is 30.2. The maximum atomic E-state index is 13.3. The van der Waals surface area contributed by atoms with Gasteiger partial charge < -0.3 is 69.1 Å². The van der Waals surface area contributed by atoms with Crippen LogP contribution < -0.4 is 43.8 Å². The van der Waals surface area contributed by atoms with Crippen molar-refractivity contribution in [3.63, 3.8) is 0 Å². The standard InChI is InChI=1S/C31H54N10O12/c1-14(2)22(39-25(47)17(32)7-5-11-35-31(33)34)27(49)36-13-20(44)38-23(15(3)42)28(50)37-18(9-10-21(45)46)26(48)40-24(16(4)43)29(51)41-12-6-8-19(41)30(52)53/h14-19,22-24,42-43H,5-13,32H2,1-4H3,(H,36,49)(H,37,50)(H,38,44)(H,39,47)(H,40,48)(H,45,46)(H,52,53)(H4,33,34,35)/t15-,16-,17+,18+,19+,22+,23+,24+/m1/s1. The van der Waals surface area contributed by atoms with Crippen molar-refractivity contribution in [1.82, 2.24) is 31.5 Å². The number of carbonyl (C=O) groups is 8. The molecule has 22 nitrogen and oxygen atoms in total. The number of hydrogen-bond donors (Lipinski definition) is 12. The van der Waals surface area contributed by atoms with Crippen LogP contribution in [0.1, 0.15) is 66.2 Å². The highest BCUT2D eigenvalue weighted by Crippen LogP contribution is 2.19. The van der Waals surface area contributed by atoms with E-state index in [4.69, 9.17) is 17.2 Å². The average molecular weight is 759 g/mol. The number of aliphatic hydroxyl groups excluding tert-OH is 2. The van der Waals surface area contributed by atoms with E-state index < -0.39 is 121 Å². The third kappa shape index (κ3) is 15.6. The first-order chi connectivity index (χ1) is 24.7. The normalized spacial score (nSPS) is 17.9. The summed E-state index contributed by atoms with van der Waals surface area (Å²) in [6.07, 6.45) is -3.15. The van der Waals surface area contributed by atoms with E-state index in [2.05, 4.69) is 31.6 Å². The molecule has 0 spiro atoms. The van der Waals surface area contributed by atoms with Crippen LogP contribution in [0.3, 0.4) is 0 Å². The summed E-state index contributed by atoms with van der Waals surface area (Å²) in [5.74, 6) is -8.69. The summed E-state index contributed by atoms with van der Waals surface area (Å²) in [7, 11) is 0. The van der Waals surface area contributed by atoms with Gasteiger partial charge in [0, 0.05) is 19.5 Å². The lowest BCUT2D eigenvalue weighted by Gasteiger charge is -2.30. The third-order valence-electron chi connectivity index (χ3n) is 8.20. The van der Waals surface area contributed by atoms with Gasteiger partial charge in [0.2, 0.25) is 35.4 Å². The molecule has 0 saturated carbocycles. The number of nitrogens with two attached hydrogens (primary N) is 3. The van der Waals surface area contributed by atoms with Gasteiger partial charge in [0.05, 0.1) is 24.8 Å². The molecule has 0 unspecified atom stereocenters. The molecule has 1 aliphatic heterocycles. The molecule has 0 bridgehead atoms. The Bertz CT molecular complexity index is 1350. The van der Waals surface area contributed by atoms with Gasteiger partial charge in [-0.25, -0.2) is 4.79 Å². The van der Waals surface area contributed by atoms with Gasteiger partial charge in [-0.2, -0.15) is 0 Å². The SMILES string of the molecule is CC(C)[C@H](NC(=O)[C@@H](N)CCCN=C(N)N)C(=O)NCC(=O)N[C@H](C(=O)N[C@@H](CCC(=O)O)C(=O)N[C@H](C(=O)N1CCC[C@H]1C(=O)O)[C@@H](C)O)[C@@H](C)O. The summed E-state index contributed by atoms with van der Waals surface area (Å²) in [4.78, 5) is 106. The van der Waals surface area contributed by atoms with E-state index >= 15 is 0 Å². The minimum absolute atomic E-state index is 0.0496. The Kier molecular flexibility index (Phi) is 19.1. The number of amides is 6. The van der Waals surface area contributed by atoms with Crippen molar-refractivity contribution in [2.24, 2.45) is 28.1 Å². The largest absolute Gasteiger partial charge is 0.481 e. The monoisotopic (exact) mass is 758 g/mol. The maximum Gasteiger partial charge on any atom is 0.326 e. The first-order valence-corrected chi connectivity index (χ1v) is 17.1. The Balaban J connectivity index is 2.97. The summed E-state index contributed by atoms with van der Waals surface area (Å²) >= 11 is 0. The number of rotatable bonds is 22. The Morgan fingerprint density at radius 3 is 1.92 bits per heavy atom. The molecule has 300 valence electrons. The first kappa shape index (κ1) is 45.9. The van der Waals surface area contributed by atoms with Crippen molar-refractivity contribution in [2.75, 3.05) is 19.6 Å². The lowest BCUT2D eigenvalue weighted by Crippen LogP contribution is -2.61. The lowest BCUT2D eigenvalue weighted by molar-refractivity contribution is -0.150. The molecule has 0 aromatic heterocycles. The number of carboxylic acids is 2. The number of likely N-dealkylation sites (tertiary alicyclic amines) is 1. The van der Waals surface area contributed by atoms with Crippen molar-refractivity contribution >= 4 is 53.3 Å². The molecule has 0 aliphatic carbocycles. The molecule has 1 rings (SSSR count). The average Bonchev–Trinajstić information content (AvgIpc) is 3.57. The molecular formula is C31H54N10O12. The van der Waals surface area contributed by atoms with Gasteiger partial charge in [-0.05, 0) is 51.9 Å². The smallest absolute Gasteiger partial charge is 0.326 e. The molecule has 6 amide bonds. The number of nitrogens with one attached hydrogen (secondary N) is 5. The van der Waals surface area contributed by atoms with E-state index in [1.165, 1.54) is 6.92 Å². The van der Waals surface area contributed by atoms with E-state index in [1.807, 2.05) is 0 Å². The van der Waals surface area contributed by atoms with Crippen LogP contribution in [0.25, 0.3) is 0 Å². The van der Waals surface area contributed by atoms with E-state index in [-0.39, 0.29) is 31.9 Å². The van der Waals surface area contributed by atoms with E-state index in [1.54, 1.807) is 13.8 Å². The van der Waals surface area contributed by atoms with Crippen LogP contribution in [0.15, 0.2) is 4.99 Å². The van der Waals surface area contributed by atoms with Gasteiger partial charge >= 0.3 is 11.9 Å². The maximum absolute atomic E-state index is 13.3. The molecule has 53 heavy (non-hydrogen) atoms. The van der Waals surface area contributed by atoms with Gasteiger partial charge in [-0.3, -0.25) is 38.6 Å². The van der Waals surface area contributed by atoms with E-state index in [9.17, 15) is 58.8 Å². The number of carbonyl (C=O) groups excluding carboxylic acids is 6. The summed E-state index contributed by atoms with van der Waals surface area (Å²) < 4.78 is 0. The quantitative estimate of drug-likeness (QED) is 0.0279. The number of guanidine groups is 1. The highest BCUT2D eigenvalue weighted by molar-refractivity contribution is 5.96. The van der Waals surface area contributed by atoms with Crippen LogP contribution in [0.2, 0.25) is 0 Å². The van der Waals surface area contributed by atoms with Gasteiger partial charge in [-0.15, -0.1) is 0 Å². The number of aliphatic hydroxyl groups is 2. The van der Waals surface area contributed by atoms with Crippen LogP contribution >= 0.6 is 0 Å². The summed E-state index contributed by atoms with van der Waals surface area (Å²) in [6, 6.07) is -8.33. The third-order valence-corrected chi connectivity index (χ3v) is 8.20. The summed E-state index contributed by atoms with van der Waals surface area (Å²) in [5.41, 5.74) is 16.4. The molecule has 1 saturated heterocycles. The minimum atomic E-state index is -1.73. The molecule has 0 radical (unpaired) electrons. The lowest BCUT2D eigenvalue weighted by atomic mass is 10.0. The van der Waals surface area contributed by atoms with Crippen LogP contribution in [-0.2, 0) is 38.4 Å². The Labute approximate surface area is 306 Å². The topological polar surface area (TPSA) is 371 Å². The number of hydrogen-bond acceptors (Lipinski definition) is 12. The Morgan fingerprint density at radius 1 is 0.792 bits per heavy atom. The second-order valence-corrected chi connectivity index (χ2v) is 13.0. The van der Waals surface area contributed by atoms with Crippen molar-refractivity contribution in [3.05, 3.63) is 0 Å². The van der Waals surface area contributed by atoms with Crippen molar-refractivity contribution in [3.8, 4) is 0 Å². The fourth-order valence-corrected chi connectivity index (χ4v) is 5.26. The number of aliphatic carboxylic acids is 2. The first-order valence-electron chi connectivity index (χ1n) is 17.1. The number of carboxylic acid groups (broad SMARTS) is 2. The molecule has 22 heteroatoms. The second-order valence-electron chi connectivity index (χ2n) is 13.0. The van der Waals surface area contributed by atoms with Gasteiger partial charge in [-0.1, -0.05) is 13.8 Å². The molecule has 15 N–H and O–H groups in total. The Morgan fingerprint density at radius 2 is 1.40 bits per heavy atom. The van der Waals surface area contributed by atoms with Crippen molar-refractivity contribution in [1.29, 1.82) is 0 Å². The van der Waals surface area contributed by atoms with Gasteiger partial charge in [0.25, 0.3) is 0 Å². The molecular weight excluding hydrogens is 704 g/mol. The summed E-state index contributed by atoms with van der Waals surface area (Å²) in [5, 5.41) is 50.8.